The van der Waals surface area contributed by atoms with E-state index < -0.39 is 5.97 Å². The third-order valence-corrected chi connectivity index (χ3v) is 4.41. The van der Waals surface area contributed by atoms with Crippen LogP contribution in [0.1, 0.15) is 25.0 Å². The fourth-order valence-corrected chi connectivity index (χ4v) is 3.05. The predicted molar refractivity (Wildman–Crippen MR) is 104 cm³/mol. The number of esters is 1. The van der Waals surface area contributed by atoms with Gasteiger partial charge >= 0.3 is 5.97 Å². The van der Waals surface area contributed by atoms with E-state index in [2.05, 4.69) is 0 Å². The fraction of sp³-hybridized carbons (Fsp3) is 0.182. The van der Waals surface area contributed by atoms with Gasteiger partial charge in [0.25, 0.3) is 5.91 Å². The monoisotopic (exact) mass is 363 g/mol. The lowest BCUT2D eigenvalue weighted by Gasteiger charge is -2.18. The topological polar surface area (TPSA) is 66.8 Å². The van der Waals surface area contributed by atoms with Crippen LogP contribution in [0.5, 0.6) is 5.75 Å². The van der Waals surface area contributed by atoms with Crippen LogP contribution in [0.3, 0.4) is 0 Å². The third kappa shape index (κ3) is 3.49. The number of rotatable bonds is 4. The molecule has 138 valence electrons. The number of amides is 1. The van der Waals surface area contributed by atoms with Crippen molar-refractivity contribution in [2.45, 2.75) is 20.8 Å². The van der Waals surface area contributed by atoms with E-state index in [1.165, 1.54) is 17.0 Å². The molecule has 5 nitrogen and oxygen atoms in total. The summed E-state index contributed by atoms with van der Waals surface area (Å²) in [6.45, 7) is 5.61. The minimum absolute atomic E-state index is 0.0347. The Bertz CT molecular complexity index is 955. The van der Waals surface area contributed by atoms with Gasteiger partial charge in [-0.1, -0.05) is 35.9 Å². The van der Waals surface area contributed by atoms with Crippen molar-refractivity contribution in [3.63, 3.8) is 0 Å². The predicted octanol–water partition coefficient (Wildman–Crippen LogP) is 3.97. The Morgan fingerprint density at radius 2 is 1.78 bits per heavy atom. The van der Waals surface area contributed by atoms with Gasteiger partial charge in [-0.05, 0) is 45.0 Å². The van der Waals surface area contributed by atoms with Gasteiger partial charge in [-0.3, -0.25) is 9.69 Å². The molecule has 0 atom stereocenters. The molecule has 0 aromatic heterocycles. The molecular formula is C22H21NO4. The second-order valence-electron chi connectivity index (χ2n) is 6.27. The highest BCUT2D eigenvalue weighted by Crippen LogP contribution is 2.36. The zero-order valence-corrected chi connectivity index (χ0v) is 15.5. The normalized spacial score (nSPS) is 15.6. The number of carbonyl (C=O) groups is 2. The number of benzene rings is 2. The first-order valence-corrected chi connectivity index (χ1v) is 8.73. The number of phenolic OH excluding ortho intramolecular Hbond substituents is 1. The van der Waals surface area contributed by atoms with Gasteiger partial charge in [0.2, 0.25) is 0 Å². The maximum absolute atomic E-state index is 13.2. The van der Waals surface area contributed by atoms with Gasteiger partial charge in [0.1, 0.15) is 5.75 Å². The Morgan fingerprint density at radius 3 is 2.41 bits per heavy atom. The molecule has 0 radical (unpaired) electrons. The van der Waals surface area contributed by atoms with Crippen LogP contribution in [-0.2, 0) is 14.3 Å². The first kappa shape index (κ1) is 18.5. The number of nitrogens with zero attached hydrogens (tertiary/aromatic N) is 1. The van der Waals surface area contributed by atoms with Crippen molar-refractivity contribution < 1.29 is 19.4 Å². The van der Waals surface area contributed by atoms with E-state index in [-0.39, 0.29) is 29.4 Å². The molecule has 2 aromatic carbocycles. The summed E-state index contributed by atoms with van der Waals surface area (Å²) < 4.78 is 5.17. The molecule has 1 N–H and O–H groups in total. The number of phenols is 1. The third-order valence-electron chi connectivity index (χ3n) is 4.41. The fourth-order valence-electron chi connectivity index (χ4n) is 3.05. The molecule has 3 rings (SSSR count). The van der Waals surface area contributed by atoms with Crippen molar-refractivity contribution in [3.05, 3.63) is 76.5 Å². The van der Waals surface area contributed by atoms with Crippen LogP contribution in [0.15, 0.2) is 65.4 Å². The summed E-state index contributed by atoms with van der Waals surface area (Å²) in [7, 11) is 0. The molecule has 0 fully saturated rings. The van der Waals surface area contributed by atoms with E-state index in [0.717, 1.165) is 5.56 Å². The van der Waals surface area contributed by atoms with Crippen LogP contribution in [0.25, 0.3) is 6.08 Å². The quantitative estimate of drug-likeness (QED) is 0.659. The Balaban J connectivity index is 2.14. The number of allylic oxidation sites excluding steroid dienone is 1. The Morgan fingerprint density at radius 1 is 1.11 bits per heavy atom. The first-order valence-electron chi connectivity index (χ1n) is 8.73. The van der Waals surface area contributed by atoms with Crippen molar-refractivity contribution >= 4 is 23.6 Å². The molecular weight excluding hydrogens is 342 g/mol. The molecule has 0 spiro atoms. The van der Waals surface area contributed by atoms with Crippen LogP contribution in [0.4, 0.5) is 5.69 Å². The average Bonchev–Trinajstić information content (AvgIpc) is 2.88. The number of para-hydroxylation sites is 1. The van der Waals surface area contributed by atoms with Crippen LogP contribution in [-0.4, -0.2) is 23.6 Å². The maximum Gasteiger partial charge on any atom is 0.340 e. The van der Waals surface area contributed by atoms with Crippen molar-refractivity contribution in [1.29, 1.82) is 0 Å². The number of hydrogen-bond donors (Lipinski definition) is 1. The van der Waals surface area contributed by atoms with Gasteiger partial charge in [0, 0.05) is 16.9 Å². The molecule has 0 aliphatic carbocycles. The standard InChI is InChI=1S/C22H21NO4/c1-4-27-22(26)20-15(3)23(17-11-9-14(2)10-12-17)21(25)18(20)13-16-7-5-6-8-19(16)24/h5-13,24H,4H2,1-3H3/b18-13-. The van der Waals surface area contributed by atoms with E-state index in [1.807, 2.05) is 31.2 Å². The zero-order chi connectivity index (χ0) is 19.6. The molecule has 27 heavy (non-hydrogen) atoms. The van der Waals surface area contributed by atoms with E-state index in [9.17, 15) is 14.7 Å². The first-order chi connectivity index (χ1) is 12.9. The lowest BCUT2D eigenvalue weighted by Crippen LogP contribution is -2.24. The summed E-state index contributed by atoms with van der Waals surface area (Å²) in [4.78, 5) is 27.2. The lowest BCUT2D eigenvalue weighted by atomic mass is 10.0. The molecule has 0 saturated heterocycles. The molecule has 1 heterocycles. The van der Waals surface area contributed by atoms with Crippen molar-refractivity contribution in [2.75, 3.05) is 11.5 Å². The largest absolute Gasteiger partial charge is 0.507 e. The van der Waals surface area contributed by atoms with E-state index >= 15 is 0 Å². The number of hydrogen-bond acceptors (Lipinski definition) is 4. The highest BCUT2D eigenvalue weighted by Gasteiger charge is 2.38. The SMILES string of the molecule is CCOC(=O)C1=C(C)N(c2ccc(C)cc2)C(=O)/C1=C\c1ccccc1O. The summed E-state index contributed by atoms with van der Waals surface area (Å²) in [5, 5.41) is 10.1. The smallest absolute Gasteiger partial charge is 0.340 e. The van der Waals surface area contributed by atoms with E-state index in [0.29, 0.717) is 16.9 Å². The van der Waals surface area contributed by atoms with Gasteiger partial charge in [-0.2, -0.15) is 0 Å². The van der Waals surface area contributed by atoms with Gasteiger partial charge < -0.3 is 9.84 Å². The molecule has 0 unspecified atom stereocenters. The minimum Gasteiger partial charge on any atom is -0.507 e. The molecule has 5 heteroatoms. The second kappa shape index (κ2) is 7.50. The van der Waals surface area contributed by atoms with Gasteiger partial charge in [-0.25, -0.2) is 4.79 Å². The zero-order valence-electron chi connectivity index (χ0n) is 15.5. The highest BCUT2D eigenvalue weighted by atomic mass is 16.5. The highest BCUT2D eigenvalue weighted by molar-refractivity contribution is 6.23. The Hall–Kier alpha value is -3.34. The number of carbonyl (C=O) groups excluding carboxylic acids is 2. The molecule has 2 aromatic rings. The summed E-state index contributed by atoms with van der Waals surface area (Å²) in [5.74, 6) is -0.852. The summed E-state index contributed by atoms with van der Waals surface area (Å²) in [6.07, 6.45) is 1.53. The van der Waals surface area contributed by atoms with Crippen molar-refractivity contribution in [1.82, 2.24) is 0 Å². The maximum atomic E-state index is 13.2. The van der Waals surface area contributed by atoms with Crippen LogP contribution in [0, 0.1) is 6.92 Å². The molecule has 1 amide bonds. The van der Waals surface area contributed by atoms with Crippen LogP contribution in [0.2, 0.25) is 0 Å². The number of anilines is 1. The van der Waals surface area contributed by atoms with Crippen molar-refractivity contribution in [2.24, 2.45) is 0 Å². The molecule has 1 aliphatic rings. The second-order valence-corrected chi connectivity index (χ2v) is 6.27. The molecule has 1 aliphatic heterocycles. The average molecular weight is 363 g/mol. The van der Waals surface area contributed by atoms with Crippen molar-refractivity contribution in [3.8, 4) is 5.75 Å². The van der Waals surface area contributed by atoms with Gasteiger partial charge in [0.05, 0.1) is 17.8 Å². The summed E-state index contributed by atoms with van der Waals surface area (Å²) >= 11 is 0. The number of ether oxygens (including phenoxy) is 1. The summed E-state index contributed by atoms with van der Waals surface area (Å²) in [5.41, 5.74) is 3.12. The molecule has 0 saturated carbocycles. The van der Waals surface area contributed by atoms with E-state index in [4.69, 9.17) is 4.74 Å². The van der Waals surface area contributed by atoms with E-state index in [1.54, 1.807) is 32.0 Å². The Labute approximate surface area is 158 Å². The van der Waals surface area contributed by atoms with Gasteiger partial charge in [-0.15, -0.1) is 0 Å². The van der Waals surface area contributed by atoms with Gasteiger partial charge in [0.15, 0.2) is 0 Å². The summed E-state index contributed by atoms with van der Waals surface area (Å²) in [6, 6.07) is 14.1. The van der Waals surface area contributed by atoms with Crippen LogP contribution < -0.4 is 4.90 Å². The Kier molecular flexibility index (Phi) is 5.12. The van der Waals surface area contributed by atoms with Crippen LogP contribution >= 0.6 is 0 Å². The number of aryl methyl sites for hydroxylation is 1. The lowest BCUT2D eigenvalue weighted by molar-refractivity contribution is -0.138. The minimum atomic E-state index is -0.556. The number of aromatic hydroxyl groups is 1. The molecule has 0 bridgehead atoms.